The minimum absolute atomic E-state index is 0.310. The maximum atomic E-state index is 13.1. The molecule has 1 aromatic carbocycles. The first kappa shape index (κ1) is 10.2. The molecular formula is C11H9FO2. The summed E-state index contributed by atoms with van der Waals surface area (Å²) in [5, 5.41) is 8.40. The highest BCUT2D eigenvalue weighted by Gasteiger charge is 2.01. The molecule has 0 atom stereocenters. The van der Waals surface area contributed by atoms with Crippen molar-refractivity contribution in [2.75, 3.05) is 0 Å². The fourth-order valence-electron chi connectivity index (χ4n) is 1.08. The number of halogens is 1. The smallest absolute Gasteiger partial charge is 0.328 e. The first-order valence-electron chi connectivity index (χ1n) is 3.97. The van der Waals surface area contributed by atoms with Gasteiger partial charge in [-0.2, -0.15) is 0 Å². The molecule has 0 aliphatic heterocycles. The Balaban J connectivity index is 3.14. The number of carboxylic acid groups (broad SMARTS) is 1. The van der Waals surface area contributed by atoms with Crippen molar-refractivity contribution in [2.45, 2.75) is 0 Å². The average Bonchev–Trinajstić information content (AvgIpc) is 2.14. The van der Waals surface area contributed by atoms with E-state index in [-0.39, 0.29) is 0 Å². The number of benzene rings is 1. The molecular weight excluding hydrogens is 183 g/mol. The van der Waals surface area contributed by atoms with Crippen molar-refractivity contribution in [1.29, 1.82) is 0 Å². The predicted octanol–water partition coefficient (Wildman–Crippen LogP) is 2.57. The van der Waals surface area contributed by atoms with Crippen LogP contribution in [0.4, 0.5) is 4.39 Å². The lowest BCUT2D eigenvalue weighted by atomic mass is 10.1. The van der Waals surface area contributed by atoms with E-state index in [0.717, 1.165) is 6.08 Å². The Labute approximate surface area is 81.0 Å². The Morgan fingerprint density at radius 3 is 2.79 bits per heavy atom. The Bertz CT molecular complexity index is 394. The molecule has 0 fully saturated rings. The van der Waals surface area contributed by atoms with Crippen LogP contribution in [-0.2, 0) is 4.79 Å². The van der Waals surface area contributed by atoms with Crippen LogP contribution in [0.25, 0.3) is 12.2 Å². The molecule has 1 rings (SSSR count). The van der Waals surface area contributed by atoms with Gasteiger partial charge in [0.25, 0.3) is 0 Å². The van der Waals surface area contributed by atoms with Gasteiger partial charge in [0.05, 0.1) is 0 Å². The van der Waals surface area contributed by atoms with Gasteiger partial charge >= 0.3 is 5.97 Å². The summed E-state index contributed by atoms with van der Waals surface area (Å²) in [6.07, 6.45) is 3.65. The molecule has 3 heteroatoms. The maximum Gasteiger partial charge on any atom is 0.328 e. The van der Waals surface area contributed by atoms with Crippen molar-refractivity contribution in [2.24, 2.45) is 0 Å². The second-order valence-electron chi connectivity index (χ2n) is 2.62. The Hall–Kier alpha value is -1.90. The van der Waals surface area contributed by atoms with Crippen LogP contribution >= 0.6 is 0 Å². The summed E-state index contributed by atoms with van der Waals surface area (Å²) in [4.78, 5) is 10.3. The van der Waals surface area contributed by atoms with E-state index >= 15 is 0 Å². The minimum atomic E-state index is -1.07. The molecule has 0 aliphatic carbocycles. The molecule has 0 bridgehead atoms. The van der Waals surface area contributed by atoms with Gasteiger partial charge in [-0.25, -0.2) is 9.18 Å². The fourth-order valence-corrected chi connectivity index (χ4v) is 1.08. The van der Waals surface area contributed by atoms with Crippen LogP contribution in [0.1, 0.15) is 11.1 Å². The number of carbonyl (C=O) groups is 1. The normalized spacial score (nSPS) is 10.4. The summed E-state index contributed by atoms with van der Waals surface area (Å²) in [6, 6.07) is 4.44. The second kappa shape index (κ2) is 4.37. The topological polar surface area (TPSA) is 37.3 Å². The van der Waals surface area contributed by atoms with Crippen LogP contribution in [0.15, 0.2) is 30.9 Å². The van der Waals surface area contributed by atoms with Crippen LogP contribution in [0.2, 0.25) is 0 Å². The van der Waals surface area contributed by atoms with E-state index in [4.69, 9.17) is 5.11 Å². The summed E-state index contributed by atoms with van der Waals surface area (Å²) < 4.78 is 13.1. The first-order valence-corrected chi connectivity index (χ1v) is 3.97. The van der Waals surface area contributed by atoms with Gasteiger partial charge in [0.15, 0.2) is 0 Å². The lowest BCUT2D eigenvalue weighted by Crippen LogP contribution is -1.89. The number of carboxylic acids is 1. The zero-order chi connectivity index (χ0) is 10.6. The standard InChI is InChI=1S/C11H9FO2/c1-2-9-8(6-7-11(13)14)4-3-5-10(9)12/h2-7H,1H2,(H,13,14)/b7-6+. The predicted molar refractivity (Wildman–Crippen MR) is 53.2 cm³/mol. The molecule has 0 heterocycles. The monoisotopic (exact) mass is 192 g/mol. The zero-order valence-corrected chi connectivity index (χ0v) is 7.40. The SMILES string of the molecule is C=Cc1c(F)cccc1/C=C/C(=O)O. The summed E-state index contributed by atoms with van der Waals surface area (Å²) in [7, 11) is 0. The van der Waals surface area contributed by atoms with E-state index in [1.54, 1.807) is 6.07 Å². The largest absolute Gasteiger partial charge is 0.478 e. The Morgan fingerprint density at radius 2 is 2.21 bits per heavy atom. The molecule has 0 amide bonds. The molecule has 0 saturated heterocycles. The molecule has 0 radical (unpaired) electrons. The average molecular weight is 192 g/mol. The van der Waals surface area contributed by atoms with E-state index < -0.39 is 11.8 Å². The van der Waals surface area contributed by atoms with Gasteiger partial charge in [-0.3, -0.25) is 0 Å². The van der Waals surface area contributed by atoms with E-state index in [0.29, 0.717) is 11.1 Å². The molecule has 72 valence electrons. The Morgan fingerprint density at radius 1 is 1.50 bits per heavy atom. The number of rotatable bonds is 3. The molecule has 1 N–H and O–H groups in total. The molecule has 1 aromatic rings. The van der Waals surface area contributed by atoms with Gasteiger partial charge in [-0.15, -0.1) is 0 Å². The zero-order valence-electron chi connectivity index (χ0n) is 7.40. The third-order valence-corrected chi connectivity index (χ3v) is 1.70. The van der Waals surface area contributed by atoms with Crippen molar-refractivity contribution in [3.8, 4) is 0 Å². The third-order valence-electron chi connectivity index (χ3n) is 1.70. The summed E-state index contributed by atoms with van der Waals surface area (Å²) >= 11 is 0. The molecule has 2 nitrogen and oxygen atoms in total. The highest BCUT2D eigenvalue weighted by Crippen LogP contribution is 2.16. The minimum Gasteiger partial charge on any atom is -0.478 e. The Kier molecular flexibility index (Phi) is 3.18. The molecule has 0 spiro atoms. The molecule has 14 heavy (non-hydrogen) atoms. The van der Waals surface area contributed by atoms with Gasteiger partial charge in [-0.05, 0) is 17.7 Å². The van der Waals surface area contributed by atoms with Gasteiger partial charge in [0.1, 0.15) is 5.82 Å². The summed E-state index contributed by atoms with van der Waals surface area (Å²) in [5.41, 5.74) is 0.812. The fraction of sp³-hybridized carbons (Fsp3) is 0. The molecule has 0 aliphatic rings. The van der Waals surface area contributed by atoms with Crippen LogP contribution in [0, 0.1) is 5.82 Å². The number of hydrogen-bond acceptors (Lipinski definition) is 1. The van der Waals surface area contributed by atoms with Gasteiger partial charge in [0, 0.05) is 11.6 Å². The lowest BCUT2D eigenvalue weighted by molar-refractivity contribution is -0.131. The van der Waals surface area contributed by atoms with Gasteiger partial charge in [-0.1, -0.05) is 24.8 Å². The van der Waals surface area contributed by atoms with E-state index in [2.05, 4.69) is 6.58 Å². The lowest BCUT2D eigenvalue weighted by Gasteiger charge is -2.00. The summed E-state index contributed by atoms with van der Waals surface area (Å²) in [6.45, 7) is 3.46. The maximum absolute atomic E-state index is 13.1. The second-order valence-corrected chi connectivity index (χ2v) is 2.62. The van der Waals surface area contributed by atoms with Crippen molar-refractivity contribution in [1.82, 2.24) is 0 Å². The third kappa shape index (κ3) is 2.29. The van der Waals surface area contributed by atoms with Crippen LogP contribution in [-0.4, -0.2) is 11.1 Å². The van der Waals surface area contributed by atoms with E-state index in [1.165, 1.54) is 24.3 Å². The van der Waals surface area contributed by atoms with Crippen molar-refractivity contribution < 1.29 is 14.3 Å². The number of aliphatic carboxylic acids is 1. The van der Waals surface area contributed by atoms with Crippen molar-refractivity contribution >= 4 is 18.1 Å². The highest BCUT2D eigenvalue weighted by atomic mass is 19.1. The van der Waals surface area contributed by atoms with Gasteiger partial charge < -0.3 is 5.11 Å². The van der Waals surface area contributed by atoms with Gasteiger partial charge in [0.2, 0.25) is 0 Å². The molecule has 0 aromatic heterocycles. The van der Waals surface area contributed by atoms with Crippen molar-refractivity contribution in [3.63, 3.8) is 0 Å². The first-order chi connectivity index (χ1) is 6.65. The van der Waals surface area contributed by atoms with E-state index in [9.17, 15) is 9.18 Å². The summed E-state index contributed by atoms with van der Waals surface area (Å²) in [5.74, 6) is -1.48. The number of hydrogen-bond donors (Lipinski definition) is 1. The van der Waals surface area contributed by atoms with E-state index in [1.807, 2.05) is 0 Å². The molecule has 0 unspecified atom stereocenters. The van der Waals surface area contributed by atoms with Crippen LogP contribution < -0.4 is 0 Å². The van der Waals surface area contributed by atoms with Crippen LogP contribution in [0.3, 0.4) is 0 Å². The van der Waals surface area contributed by atoms with Crippen LogP contribution in [0.5, 0.6) is 0 Å². The quantitative estimate of drug-likeness (QED) is 0.747. The highest BCUT2D eigenvalue weighted by molar-refractivity contribution is 5.86. The van der Waals surface area contributed by atoms with Crippen molar-refractivity contribution in [3.05, 3.63) is 47.8 Å². The molecule has 0 saturated carbocycles.